The molecule has 0 N–H and O–H groups in total. The van der Waals surface area contributed by atoms with Gasteiger partial charge in [-0.1, -0.05) is 39.0 Å². The Bertz CT molecular complexity index is 819. The van der Waals surface area contributed by atoms with Crippen molar-refractivity contribution in [3.8, 4) is 0 Å². The van der Waals surface area contributed by atoms with Crippen LogP contribution in [-0.4, -0.2) is 48.4 Å². The van der Waals surface area contributed by atoms with E-state index >= 15 is 0 Å². The van der Waals surface area contributed by atoms with Crippen LogP contribution >= 0.6 is 0 Å². The van der Waals surface area contributed by atoms with Crippen LogP contribution in [0.3, 0.4) is 0 Å². The molecule has 5 heteroatoms. The van der Waals surface area contributed by atoms with Crippen LogP contribution in [0.15, 0.2) is 39.5 Å². The van der Waals surface area contributed by atoms with Crippen molar-refractivity contribution in [1.82, 2.24) is 9.80 Å². The molecular weight excluding hydrogens is 304 g/mol. The first-order valence-corrected chi connectivity index (χ1v) is 8.30. The van der Waals surface area contributed by atoms with Crippen LogP contribution < -0.4 is 5.63 Å². The lowest BCUT2D eigenvalue weighted by Crippen LogP contribution is -2.57. The molecule has 1 aliphatic heterocycles. The SMILES string of the molecule is CN1CCN(C(=O)c2cc3ccccc3c(=O)o2)CC1C(C)(C)C. The van der Waals surface area contributed by atoms with E-state index in [1.807, 2.05) is 12.1 Å². The van der Waals surface area contributed by atoms with Crippen molar-refractivity contribution in [3.63, 3.8) is 0 Å². The van der Waals surface area contributed by atoms with E-state index in [0.29, 0.717) is 18.5 Å². The molecule has 0 radical (unpaired) electrons. The van der Waals surface area contributed by atoms with Crippen molar-refractivity contribution >= 4 is 16.7 Å². The number of rotatable bonds is 1. The van der Waals surface area contributed by atoms with E-state index in [9.17, 15) is 9.59 Å². The molecule has 1 aliphatic rings. The van der Waals surface area contributed by atoms with Crippen LogP contribution in [0.1, 0.15) is 31.3 Å². The van der Waals surface area contributed by atoms with Gasteiger partial charge in [-0.05, 0) is 30.0 Å². The van der Waals surface area contributed by atoms with Gasteiger partial charge in [0.2, 0.25) is 0 Å². The minimum Gasteiger partial charge on any atom is -0.417 e. The van der Waals surface area contributed by atoms with Crippen molar-refractivity contribution in [2.45, 2.75) is 26.8 Å². The van der Waals surface area contributed by atoms with E-state index in [2.05, 4.69) is 32.7 Å². The quantitative estimate of drug-likeness (QED) is 0.807. The number of likely N-dealkylation sites (N-methyl/N-ethyl adjacent to an activating group) is 1. The van der Waals surface area contributed by atoms with Gasteiger partial charge in [-0.15, -0.1) is 0 Å². The number of benzene rings is 1. The topological polar surface area (TPSA) is 53.8 Å². The zero-order valence-electron chi connectivity index (χ0n) is 14.7. The maximum Gasteiger partial charge on any atom is 0.344 e. The van der Waals surface area contributed by atoms with Gasteiger partial charge in [-0.2, -0.15) is 0 Å². The highest BCUT2D eigenvalue weighted by molar-refractivity contribution is 5.95. The molecule has 0 spiro atoms. The third kappa shape index (κ3) is 3.08. The van der Waals surface area contributed by atoms with Crippen LogP contribution in [0.25, 0.3) is 10.8 Å². The monoisotopic (exact) mass is 328 g/mol. The highest BCUT2D eigenvalue weighted by Crippen LogP contribution is 2.27. The summed E-state index contributed by atoms with van der Waals surface area (Å²) in [6.45, 7) is 8.62. The second-order valence-corrected chi connectivity index (χ2v) is 7.60. The molecular formula is C19H24N2O3. The number of nitrogens with zero attached hydrogens (tertiary/aromatic N) is 2. The molecule has 5 nitrogen and oxygen atoms in total. The summed E-state index contributed by atoms with van der Waals surface area (Å²) in [5, 5.41) is 1.23. The normalized spacial score (nSPS) is 19.7. The van der Waals surface area contributed by atoms with Crippen LogP contribution in [0, 0.1) is 5.41 Å². The highest BCUT2D eigenvalue weighted by Gasteiger charge is 2.35. The van der Waals surface area contributed by atoms with Gasteiger partial charge in [0.1, 0.15) is 0 Å². The Kier molecular flexibility index (Phi) is 4.22. The maximum atomic E-state index is 12.8. The number of amides is 1. The van der Waals surface area contributed by atoms with Crippen LogP contribution in [-0.2, 0) is 0 Å². The van der Waals surface area contributed by atoms with E-state index in [1.165, 1.54) is 0 Å². The molecule has 0 bridgehead atoms. The minimum absolute atomic E-state index is 0.0674. The first-order chi connectivity index (χ1) is 11.3. The van der Waals surface area contributed by atoms with Crippen molar-refractivity contribution in [3.05, 3.63) is 46.5 Å². The van der Waals surface area contributed by atoms with Gasteiger partial charge in [-0.25, -0.2) is 4.79 Å². The van der Waals surface area contributed by atoms with Crippen LogP contribution in [0.4, 0.5) is 0 Å². The number of carbonyl (C=O) groups is 1. The molecule has 0 aliphatic carbocycles. The zero-order valence-corrected chi connectivity index (χ0v) is 14.7. The van der Waals surface area contributed by atoms with E-state index < -0.39 is 5.63 Å². The molecule has 128 valence electrons. The number of piperazine rings is 1. The Hall–Kier alpha value is -2.14. The standard InChI is InChI=1S/C19H24N2O3/c1-19(2,3)16-12-21(10-9-20(16)4)17(22)15-11-13-7-5-6-8-14(13)18(23)24-15/h5-8,11,16H,9-10,12H2,1-4H3. The molecule has 1 atom stereocenters. The first kappa shape index (κ1) is 16.7. The number of carbonyl (C=O) groups excluding carboxylic acids is 1. The fraction of sp³-hybridized carbons (Fsp3) is 0.474. The molecule has 24 heavy (non-hydrogen) atoms. The van der Waals surface area contributed by atoms with Gasteiger partial charge in [0.15, 0.2) is 5.76 Å². The fourth-order valence-electron chi connectivity index (χ4n) is 3.39. The lowest BCUT2D eigenvalue weighted by molar-refractivity contribution is 0.0260. The highest BCUT2D eigenvalue weighted by atomic mass is 16.4. The number of fused-ring (bicyclic) bond motifs is 1. The van der Waals surface area contributed by atoms with Gasteiger partial charge in [0, 0.05) is 25.7 Å². The van der Waals surface area contributed by atoms with E-state index in [-0.39, 0.29) is 23.1 Å². The summed E-state index contributed by atoms with van der Waals surface area (Å²) in [6, 6.07) is 9.11. The van der Waals surface area contributed by atoms with Gasteiger partial charge < -0.3 is 9.32 Å². The molecule has 1 aromatic carbocycles. The summed E-state index contributed by atoms with van der Waals surface area (Å²) in [6.07, 6.45) is 0. The Labute approximate surface area is 141 Å². The van der Waals surface area contributed by atoms with Gasteiger partial charge in [0.25, 0.3) is 5.91 Å². The van der Waals surface area contributed by atoms with E-state index in [1.54, 1.807) is 23.1 Å². The summed E-state index contributed by atoms with van der Waals surface area (Å²) in [7, 11) is 2.09. The molecule has 1 amide bonds. The lowest BCUT2D eigenvalue weighted by atomic mass is 9.84. The molecule has 1 saturated heterocycles. The predicted octanol–water partition coefficient (Wildman–Crippen LogP) is 2.60. The second kappa shape index (κ2) is 6.06. The maximum absolute atomic E-state index is 12.8. The van der Waals surface area contributed by atoms with E-state index in [0.717, 1.165) is 11.9 Å². The van der Waals surface area contributed by atoms with Crippen molar-refractivity contribution in [2.75, 3.05) is 26.7 Å². The predicted molar refractivity (Wildman–Crippen MR) is 94.3 cm³/mol. The zero-order chi connectivity index (χ0) is 17.5. The minimum atomic E-state index is -0.460. The number of hydrogen-bond donors (Lipinski definition) is 0. The van der Waals surface area contributed by atoms with Crippen LogP contribution in [0.5, 0.6) is 0 Å². The molecule has 0 saturated carbocycles. The van der Waals surface area contributed by atoms with Crippen molar-refractivity contribution in [2.24, 2.45) is 5.41 Å². The first-order valence-electron chi connectivity index (χ1n) is 8.30. The summed E-state index contributed by atoms with van der Waals surface area (Å²) in [5.74, 6) is -0.0869. The largest absolute Gasteiger partial charge is 0.417 e. The molecule has 1 fully saturated rings. The van der Waals surface area contributed by atoms with Crippen molar-refractivity contribution < 1.29 is 9.21 Å². The molecule has 1 unspecified atom stereocenters. The lowest BCUT2D eigenvalue weighted by Gasteiger charge is -2.45. The van der Waals surface area contributed by atoms with Crippen LogP contribution in [0.2, 0.25) is 0 Å². The molecule has 3 rings (SSSR count). The summed E-state index contributed by atoms with van der Waals surface area (Å²) in [5.41, 5.74) is -0.393. The summed E-state index contributed by atoms with van der Waals surface area (Å²) < 4.78 is 5.29. The Morgan fingerprint density at radius 2 is 1.92 bits per heavy atom. The molecule has 2 heterocycles. The number of hydrogen-bond acceptors (Lipinski definition) is 4. The third-order valence-electron chi connectivity index (χ3n) is 4.82. The summed E-state index contributed by atoms with van der Waals surface area (Å²) >= 11 is 0. The molecule has 2 aromatic rings. The van der Waals surface area contributed by atoms with Crippen molar-refractivity contribution in [1.29, 1.82) is 0 Å². The Morgan fingerprint density at radius 3 is 2.62 bits per heavy atom. The second-order valence-electron chi connectivity index (χ2n) is 7.60. The fourth-order valence-corrected chi connectivity index (χ4v) is 3.39. The average Bonchev–Trinajstić information content (AvgIpc) is 2.53. The van der Waals surface area contributed by atoms with Gasteiger partial charge in [-0.3, -0.25) is 9.69 Å². The molecule has 1 aromatic heterocycles. The van der Waals surface area contributed by atoms with E-state index in [4.69, 9.17) is 4.42 Å². The Morgan fingerprint density at radius 1 is 1.21 bits per heavy atom. The smallest absolute Gasteiger partial charge is 0.344 e. The summed E-state index contributed by atoms with van der Waals surface area (Å²) in [4.78, 5) is 29.1. The average molecular weight is 328 g/mol. The third-order valence-corrected chi connectivity index (χ3v) is 4.82. The Balaban J connectivity index is 1.90. The van der Waals surface area contributed by atoms with Gasteiger partial charge >= 0.3 is 5.63 Å². The van der Waals surface area contributed by atoms with Gasteiger partial charge in [0.05, 0.1) is 5.39 Å².